The van der Waals surface area contributed by atoms with Crippen molar-refractivity contribution in [2.24, 2.45) is 5.92 Å². The van der Waals surface area contributed by atoms with Crippen LogP contribution in [0.25, 0.3) is 11.0 Å². The highest BCUT2D eigenvalue weighted by molar-refractivity contribution is 5.97. The van der Waals surface area contributed by atoms with E-state index in [0.29, 0.717) is 12.0 Å². The average Bonchev–Trinajstić information content (AvgIpc) is 3.31. The minimum absolute atomic E-state index is 0. The molecule has 2 aliphatic carbocycles. The van der Waals surface area contributed by atoms with Crippen molar-refractivity contribution in [1.29, 1.82) is 0 Å². The van der Waals surface area contributed by atoms with Gasteiger partial charge in [-0.05, 0) is 72.9 Å². The Hall–Kier alpha value is -2.62. The number of carbonyl (C=O) groups is 1. The third-order valence-electron chi connectivity index (χ3n) is 8.27. The average molecular weight is 430 g/mol. The Morgan fingerprint density at radius 1 is 1.03 bits per heavy atom. The third kappa shape index (κ3) is 3.64. The molecule has 1 saturated heterocycles. The highest BCUT2D eigenvalue weighted by Crippen LogP contribution is 2.42. The maximum atomic E-state index is 13.5. The number of likely N-dealkylation sites (tertiary alicyclic amines) is 1. The summed E-state index contributed by atoms with van der Waals surface area (Å²) < 4.78 is 0. The molecule has 1 aliphatic heterocycles. The Kier molecular flexibility index (Phi) is 5.24. The summed E-state index contributed by atoms with van der Waals surface area (Å²) in [7, 11) is 0. The molecule has 32 heavy (non-hydrogen) atoms. The van der Waals surface area contributed by atoms with Gasteiger partial charge in [-0.3, -0.25) is 4.79 Å². The van der Waals surface area contributed by atoms with E-state index in [0.717, 1.165) is 48.3 Å². The molecule has 4 nitrogen and oxygen atoms in total. The van der Waals surface area contributed by atoms with Gasteiger partial charge in [-0.15, -0.1) is 0 Å². The Bertz CT molecular complexity index is 1130. The topological polar surface area (TPSA) is 49.0 Å². The monoisotopic (exact) mass is 429 g/mol. The first kappa shape index (κ1) is 20.0. The molecule has 3 aliphatic rings. The second-order valence-corrected chi connectivity index (χ2v) is 10.2. The number of aromatic amines is 1. The van der Waals surface area contributed by atoms with E-state index in [1.165, 1.54) is 56.1 Å². The fourth-order valence-electron chi connectivity index (χ4n) is 6.66. The minimum Gasteiger partial charge on any atom is -0.345 e. The zero-order valence-electron chi connectivity index (χ0n) is 18.9. The molecule has 0 spiro atoms. The second kappa shape index (κ2) is 8.38. The van der Waals surface area contributed by atoms with Gasteiger partial charge in [-0.2, -0.15) is 0 Å². The maximum absolute atomic E-state index is 13.5. The predicted octanol–water partition coefficient (Wildman–Crippen LogP) is 6.27. The Balaban J connectivity index is 0.00000228. The summed E-state index contributed by atoms with van der Waals surface area (Å²) in [6.45, 7) is 0.871. The number of aryl methyl sites for hydroxylation is 1. The maximum Gasteiger partial charge on any atom is 0.254 e. The summed E-state index contributed by atoms with van der Waals surface area (Å²) in [6, 6.07) is 13.5. The molecule has 2 fully saturated rings. The van der Waals surface area contributed by atoms with Crippen LogP contribution in [0.4, 0.5) is 0 Å². The van der Waals surface area contributed by atoms with E-state index in [-0.39, 0.29) is 7.33 Å². The first-order valence-electron chi connectivity index (χ1n) is 12.6. The Labute approximate surface area is 191 Å². The SMILES string of the molecule is O=C(c1ccc2nc[nH]c2c1)N1CCCC2c3ccc(CC4CCCCC4)cc3CCC21.[HH]. The van der Waals surface area contributed by atoms with Crippen LogP contribution in [0.1, 0.15) is 85.8 Å². The van der Waals surface area contributed by atoms with Gasteiger partial charge in [0.1, 0.15) is 0 Å². The highest BCUT2D eigenvalue weighted by Gasteiger charge is 2.38. The largest absolute Gasteiger partial charge is 0.345 e. The lowest BCUT2D eigenvalue weighted by atomic mass is 9.73. The minimum atomic E-state index is 0. The van der Waals surface area contributed by atoms with Crippen molar-refractivity contribution in [1.82, 2.24) is 14.9 Å². The summed E-state index contributed by atoms with van der Waals surface area (Å²) in [4.78, 5) is 23.1. The van der Waals surface area contributed by atoms with E-state index in [1.807, 2.05) is 18.2 Å². The van der Waals surface area contributed by atoms with Gasteiger partial charge in [0, 0.05) is 25.5 Å². The number of nitrogens with one attached hydrogen (secondary N) is 1. The molecule has 1 saturated carbocycles. The van der Waals surface area contributed by atoms with Crippen molar-refractivity contribution in [2.75, 3.05) is 6.54 Å². The van der Waals surface area contributed by atoms with Crippen molar-refractivity contribution >= 4 is 16.9 Å². The molecule has 2 heterocycles. The number of hydrogen-bond acceptors (Lipinski definition) is 2. The van der Waals surface area contributed by atoms with Crippen LogP contribution in [-0.4, -0.2) is 33.4 Å². The lowest BCUT2D eigenvalue weighted by molar-refractivity contribution is 0.0547. The summed E-state index contributed by atoms with van der Waals surface area (Å²) in [5.41, 5.74) is 7.21. The van der Waals surface area contributed by atoms with Crippen LogP contribution >= 0.6 is 0 Å². The smallest absolute Gasteiger partial charge is 0.254 e. The number of hydrogen-bond donors (Lipinski definition) is 1. The molecule has 4 heteroatoms. The number of imidazole rings is 1. The summed E-state index contributed by atoms with van der Waals surface area (Å²) >= 11 is 0. The predicted molar refractivity (Wildman–Crippen MR) is 130 cm³/mol. The number of H-pyrrole nitrogens is 1. The Morgan fingerprint density at radius 2 is 1.94 bits per heavy atom. The fourth-order valence-corrected chi connectivity index (χ4v) is 6.66. The van der Waals surface area contributed by atoms with Crippen LogP contribution in [0.5, 0.6) is 0 Å². The molecular formula is C28H35N3O. The van der Waals surface area contributed by atoms with E-state index in [9.17, 15) is 4.79 Å². The van der Waals surface area contributed by atoms with Crippen LogP contribution in [0.3, 0.4) is 0 Å². The van der Waals surface area contributed by atoms with Gasteiger partial charge < -0.3 is 9.88 Å². The quantitative estimate of drug-likeness (QED) is 0.534. The number of piperidine rings is 1. The third-order valence-corrected chi connectivity index (χ3v) is 8.27. The molecule has 6 rings (SSSR count). The van der Waals surface area contributed by atoms with Crippen LogP contribution in [0, 0.1) is 5.92 Å². The van der Waals surface area contributed by atoms with Gasteiger partial charge in [0.05, 0.1) is 17.4 Å². The van der Waals surface area contributed by atoms with Gasteiger partial charge in [-0.1, -0.05) is 50.3 Å². The number of fused-ring (bicyclic) bond motifs is 4. The van der Waals surface area contributed by atoms with E-state index >= 15 is 0 Å². The van der Waals surface area contributed by atoms with Crippen LogP contribution in [0.15, 0.2) is 42.7 Å². The van der Waals surface area contributed by atoms with Gasteiger partial charge >= 0.3 is 0 Å². The van der Waals surface area contributed by atoms with Gasteiger partial charge in [-0.25, -0.2) is 4.98 Å². The van der Waals surface area contributed by atoms with Crippen molar-refractivity contribution in [2.45, 2.75) is 76.2 Å². The molecular weight excluding hydrogens is 394 g/mol. The van der Waals surface area contributed by atoms with E-state index in [1.54, 1.807) is 11.9 Å². The lowest BCUT2D eigenvalue weighted by Crippen LogP contribution is -2.49. The highest BCUT2D eigenvalue weighted by atomic mass is 16.2. The molecule has 168 valence electrons. The summed E-state index contributed by atoms with van der Waals surface area (Å²) in [5.74, 6) is 1.54. The second-order valence-electron chi connectivity index (χ2n) is 10.2. The Morgan fingerprint density at radius 3 is 2.84 bits per heavy atom. The first-order chi connectivity index (χ1) is 15.8. The van der Waals surface area contributed by atoms with Crippen molar-refractivity contribution in [3.8, 4) is 0 Å². The van der Waals surface area contributed by atoms with E-state index < -0.39 is 0 Å². The normalized spacial score (nSPS) is 23.7. The van der Waals surface area contributed by atoms with Crippen molar-refractivity contribution < 1.29 is 6.22 Å². The number of aromatic nitrogens is 2. The van der Waals surface area contributed by atoms with Crippen LogP contribution in [-0.2, 0) is 12.8 Å². The van der Waals surface area contributed by atoms with Crippen LogP contribution in [0.2, 0.25) is 0 Å². The number of benzene rings is 2. The summed E-state index contributed by atoms with van der Waals surface area (Å²) in [6.07, 6.45) is 14.5. The molecule has 0 bridgehead atoms. The molecule has 1 amide bonds. The van der Waals surface area contributed by atoms with Crippen LogP contribution < -0.4 is 0 Å². The number of carbonyl (C=O) groups excluding carboxylic acids is 1. The molecule has 1 aromatic heterocycles. The molecule has 1 N–H and O–H groups in total. The van der Waals surface area contributed by atoms with Gasteiger partial charge in [0.2, 0.25) is 0 Å². The number of nitrogens with zero attached hydrogens (tertiary/aromatic N) is 2. The van der Waals surface area contributed by atoms with Crippen molar-refractivity contribution in [3.05, 3.63) is 65.0 Å². The summed E-state index contributed by atoms with van der Waals surface area (Å²) in [5, 5.41) is 0. The first-order valence-corrected chi connectivity index (χ1v) is 12.6. The van der Waals surface area contributed by atoms with E-state index in [2.05, 4.69) is 33.1 Å². The molecule has 2 atom stereocenters. The molecule has 3 aromatic rings. The van der Waals surface area contributed by atoms with Gasteiger partial charge in [0.15, 0.2) is 0 Å². The molecule has 0 radical (unpaired) electrons. The van der Waals surface area contributed by atoms with E-state index in [4.69, 9.17) is 0 Å². The zero-order valence-corrected chi connectivity index (χ0v) is 18.9. The fraction of sp³-hybridized carbons (Fsp3) is 0.500. The molecule has 2 unspecified atom stereocenters. The standard InChI is InChI=1S/C28H33N3O.H2/c32-28(22-9-12-25-26(17-22)30-18-29-25)31-14-4-7-24-23-11-8-20(15-19-5-2-1-3-6-19)16-21(23)10-13-27(24)31;/h8-9,11-12,16-19,24,27H,1-7,10,13-15H2,(H,29,30);1H. The lowest BCUT2D eigenvalue weighted by Gasteiger charge is -2.45. The van der Waals surface area contributed by atoms with Gasteiger partial charge in [0.25, 0.3) is 5.91 Å². The number of rotatable bonds is 3. The van der Waals surface area contributed by atoms with Crippen molar-refractivity contribution in [3.63, 3.8) is 0 Å². The zero-order chi connectivity index (χ0) is 21.5. The number of amides is 1. The molecule has 2 aromatic carbocycles.